The van der Waals surface area contributed by atoms with Crippen molar-refractivity contribution in [2.75, 3.05) is 7.11 Å². The van der Waals surface area contributed by atoms with Gasteiger partial charge in [0.25, 0.3) is 0 Å². The van der Waals surface area contributed by atoms with E-state index in [1.165, 1.54) is 19.4 Å². The molecular formula is C11H12N2O2. The van der Waals surface area contributed by atoms with Gasteiger partial charge in [-0.1, -0.05) is 12.7 Å². The number of aromatic amines is 1. The zero-order valence-corrected chi connectivity index (χ0v) is 8.41. The van der Waals surface area contributed by atoms with Crippen molar-refractivity contribution in [1.29, 1.82) is 5.41 Å². The first-order valence-corrected chi connectivity index (χ1v) is 4.32. The van der Waals surface area contributed by atoms with Gasteiger partial charge in [0.2, 0.25) is 5.56 Å². The molecule has 0 radical (unpaired) electrons. The second-order valence-corrected chi connectivity index (χ2v) is 2.81. The molecule has 0 amide bonds. The van der Waals surface area contributed by atoms with Gasteiger partial charge in [0.05, 0.1) is 24.6 Å². The Morgan fingerprint density at radius 2 is 2.33 bits per heavy atom. The van der Waals surface area contributed by atoms with Gasteiger partial charge in [-0.25, -0.2) is 0 Å². The van der Waals surface area contributed by atoms with Gasteiger partial charge in [0.15, 0.2) is 0 Å². The second-order valence-electron chi connectivity index (χ2n) is 2.81. The van der Waals surface area contributed by atoms with Crippen LogP contribution in [0.25, 0.3) is 11.6 Å². The van der Waals surface area contributed by atoms with Gasteiger partial charge in [0, 0.05) is 12.3 Å². The summed E-state index contributed by atoms with van der Waals surface area (Å²) in [6.45, 7) is 3.63. The molecule has 15 heavy (non-hydrogen) atoms. The first kappa shape index (κ1) is 11.0. The summed E-state index contributed by atoms with van der Waals surface area (Å²) in [5.74, 6) is 0. The summed E-state index contributed by atoms with van der Waals surface area (Å²) in [6.07, 6.45) is 4.12. The van der Waals surface area contributed by atoms with E-state index in [0.29, 0.717) is 11.3 Å². The van der Waals surface area contributed by atoms with Crippen LogP contribution in [0.15, 0.2) is 29.8 Å². The molecule has 0 aliphatic rings. The maximum Gasteiger partial charge on any atom is 0.248 e. The molecule has 0 unspecified atom stereocenters. The van der Waals surface area contributed by atoms with E-state index in [4.69, 9.17) is 10.1 Å². The fraction of sp³-hybridized carbons (Fsp3) is 0.0909. The molecule has 0 bridgehead atoms. The molecule has 78 valence electrons. The summed E-state index contributed by atoms with van der Waals surface area (Å²) >= 11 is 0. The highest BCUT2D eigenvalue weighted by atomic mass is 16.5. The van der Waals surface area contributed by atoms with Crippen molar-refractivity contribution < 1.29 is 4.74 Å². The van der Waals surface area contributed by atoms with Gasteiger partial charge in [-0.2, -0.15) is 0 Å². The number of nitrogens with one attached hydrogen (secondary N) is 2. The van der Waals surface area contributed by atoms with Crippen LogP contribution >= 0.6 is 0 Å². The fourth-order valence-corrected chi connectivity index (χ4v) is 1.19. The SMILES string of the molecule is C=Cc1ccc(=O)[nH]c1/C(C=N)=C/OC. The van der Waals surface area contributed by atoms with E-state index in [9.17, 15) is 4.79 Å². The van der Waals surface area contributed by atoms with Crippen LogP contribution in [0.2, 0.25) is 0 Å². The molecule has 2 N–H and O–H groups in total. The predicted molar refractivity (Wildman–Crippen MR) is 60.9 cm³/mol. The van der Waals surface area contributed by atoms with Crippen LogP contribution < -0.4 is 5.56 Å². The van der Waals surface area contributed by atoms with Crippen molar-refractivity contribution in [3.8, 4) is 0 Å². The van der Waals surface area contributed by atoms with Gasteiger partial charge in [0.1, 0.15) is 0 Å². The zero-order chi connectivity index (χ0) is 11.3. The number of methoxy groups -OCH3 is 1. The number of H-pyrrole nitrogens is 1. The maximum absolute atomic E-state index is 11.2. The number of aromatic nitrogens is 1. The number of ether oxygens (including phenoxy) is 1. The standard InChI is InChI=1S/C11H12N2O2/c1-3-8-4-5-10(14)13-11(8)9(6-12)7-15-2/h3-7,12H,1H2,2H3,(H,13,14)/b9-7+,12-6?. The van der Waals surface area contributed by atoms with E-state index in [0.717, 1.165) is 11.8 Å². The van der Waals surface area contributed by atoms with Crippen molar-refractivity contribution in [1.82, 2.24) is 4.98 Å². The van der Waals surface area contributed by atoms with Crippen LogP contribution in [-0.2, 0) is 4.74 Å². The molecule has 1 aromatic rings. The van der Waals surface area contributed by atoms with E-state index >= 15 is 0 Å². The van der Waals surface area contributed by atoms with Gasteiger partial charge < -0.3 is 15.1 Å². The molecule has 0 spiro atoms. The minimum absolute atomic E-state index is 0.223. The lowest BCUT2D eigenvalue weighted by Crippen LogP contribution is -2.08. The zero-order valence-electron chi connectivity index (χ0n) is 8.41. The topological polar surface area (TPSA) is 65.9 Å². The average molecular weight is 204 g/mol. The van der Waals surface area contributed by atoms with E-state index in [-0.39, 0.29) is 5.56 Å². The van der Waals surface area contributed by atoms with Crippen molar-refractivity contribution in [2.24, 2.45) is 0 Å². The fourth-order valence-electron chi connectivity index (χ4n) is 1.19. The molecule has 1 aromatic heterocycles. The summed E-state index contributed by atoms with van der Waals surface area (Å²) < 4.78 is 4.82. The summed E-state index contributed by atoms with van der Waals surface area (Å²) in [5.41, 5.74) is 1.56. The van der Waals surface area contributed by atoms with Gasteiger partial charge in [-0.3, -0.25) is 4.79 Å². The number of pyridine rings is 1. The smallest absolute Gasteiger partial charge is 0.248 e. The van der Waals surface area contributed by atoms with Crippen LogP contribution in [-0.4, -0.2) is 18.3 Å². The molecule has 4 heteroatoms. The molecule has 0 saturated carbocycles. The van der Waals surface area contributed by atoms with Crippen molar-refractivity contribution >= 4 is 17.9 Å². The van der Waals surface area contributed by atoms with Crippen LogP contribution in [0.4, 0.5) is 0 Å². The first-order chi connectivity index (χ1) is 7.22. The Morgan fingerprint density at radius 3 is 2.87 bits per heavy atom. The lowest BCUT2D eigenvalue weighted by molar-refractivity contribution is 0.340. The molecule has 0 aromatic carbocycles. The molecule has 0 fully saturated rings. The molecule has 0 saturated heterocycles. The summed E-state index contributed by atoms with van der Waals surface area (Å²) in [5, 5.41) is 7.21. The van der Waals surface area contributed by atoms with E-state index < -0.39 is 0 Å². The average Bonchev–Trinajstić information content (AvgIpc) is 2.26. The van der Waals surface area contributed by atoms with Gasteiger partial charge >= 0.3 is 0 Å². The minimum atomic E-state index is -0.223. The lowest BCUT2D eigenvalue weighted by atomic mass is 10.1. The molecular weight excluding hydrogens is 192 g/mol. The Hall–Kier alpha value is -2.10. The Labute approximate surface area is 87.4 Å². The van der Waals surface area contributed by atoms with Gasteiger partial charge in [-0.05, 0) is 11.6 Å². The van der Waals surface area contributed by atoms with Crippen LogP contribution in [0.3, 0.4) is 0 Å². The number of hydrogen-bond donors (Lipinski definition) is 2. The maximum atomic E-state index is 11.2. The summed E-state index contributed by atoms with van der Waals surface area (Å²) in [7, 11) is 1.48. The molecule has 0 atom stereocenters. The molecule has 0 aliphatic carbocycles. The molecule has 4 nitrogen and oxygen atoms in total. The Kier molecular flexibility index (Phi) is 3.62. The number of hydrogen-bond acceptors (Lipinski definition) is 3. The lowest BCUT2D eigenvalue weighted by Gasteiger charge is -2.05. The summed E-state index contributed by atoms with van der Waals surface area (Å²) in [4.78, 5) is 13.8. The third kappa shape index (κ3) is 2.43. The first-order valence-electron chi connectivity index (χ1n) is 4.32. The number of rotatable bonds is 4. The summed E-state index contributed by atoms with van der Waals surface area (Å²) in [6, 6.07) is 3.06. The Balaban J connectivity index is 3.38. The molecule has 0 aliphatic heterocycles. The highest BCUT2D eigenvalue weighted by Crippen LogP contribution is 2.14. The van der Waals surface area contributed by atoms with Gasteiger partial charge in [-0.15, -0.1) is 0 Å². The second kappa shape index (κ2) is 4.95. The highest BCUT2D eigenvalue weighted by Gasteiger charge is 2.04. The third-order valence-electron chi connectivity index (χ3n) is 1.86. The highest BCUT2D eigenvalue weighted by molar-refractivity contribution is 6.08. The van der Waals surface area contributed by atoms with Crippen molar-refractivity contribution in [3.05, 3.63) is 46.6 Å². The Morgan fingerprint density at radius 1 is 1.60 bits per heavy atom. The number of allylic oxidation sites excluding steroid dienone is 1. The minimum Gasteiger partial charge on any atom is -0.504 e. The van der Waals surface area contributed by atoms with Crippen molar-refractivity contribution in [3.63, 3.8) is 0 Å². The largest absolute Gasteiger partial charge is 0.504 e. The van der Waals surface area contributed by atoms with Crippen LogP contribution in [0, 0.1) is 5.41 Å². The van der Waals surface area contributed by atoms with E-state index in [1.807, 2.05) is 0 Å². The quantitative estimate of drug-likeness (QED) is 0.578. The normalized spacial score (nSPS) is 10.9. The van der Waals surface area contributed by atoms with Crippen LogP contribution in [0.1, 0.15) is 11.3 Å². The molecule has 1 heterocycles. The predicted octanol–water partition coefficient (Wildman–Crippen LogP) is 1.65. The Bertz CT molecular complexity index is 458. The molecule has 1 rings (SSSR count). The van der Waals surface area contributed by atoms with Crippen LogP contribution in [0.5, 0.6) is 0 Å². The van der Waals surface area contributed by atoms with E-state index in [1.54, 1.807) is 12.1 Å². The van der Waals surface area contributed by atoms with E-state index in [2.05, 4.69) is 11.6 Å². The third-order valence-corrected chi connectivity index (χ3v) is 1.86. The van der Waals surface area contributed by atoms with Crippen molar-refractivity contribution in [2.45, 2.75) is 0 Å². The monoisotopic (exact) mass is 204 g/mol.